The fourth-order valence-electron chi connectivity index (χ4n) is 3.84. The summed E-state index contributed by atoms with van der Waals surface area (Å²) in [7, 11) is 0. The quantitative estimate of drug-likeness (QED) is 0.599. The van der Waals surface area contributed by atoms with E-state index in [9.17, 15) is 9.59 Å². The van der Waals surface area contributed by atoms with Gasteiger partial charge in [-0.3, -0.25) is 9.59 Å². The van der Waals surface area contributed by atoms with Crippen molar-refractivity contribution in [3.63, 3.8) is 0 Å². The van der Waals surface area contributed by atoms with E-state index >= 15 is 0 Å². The molecule has 5 nitrogen and oxygen atoms in total. The lowest BCUT2D eigenvalue weighted by molar-refractivity contribution is -0.122. The molecule has 0 saturated heterocycles. The summed E-state index contributed by atoms with van der Waals surface area (Å²) in [6, 6.07) is 2.12. The van der Waals surface area contributed by atoms with Crippen LogP contribution in [0.5, 0.6) is 0 Å². The Morgan fingerprint density at radius 2 is 1.85 bits per heavy atom. The van der Waals surface area contributed by atoms with Crippen LogP contribution >= 0.6 is 0 Å². The van der Waals surface area contributed by atoms with Gasteiger partial charge < -0.3 is 14.6 Å². The molecule has 1 aliphatic carbocycles. The molecule has 1 heterocycles. The van der Waals surface area contributed by atoms with Crippen molar-refractivity contribution >= 4 is 11.8 Å². The fraction of sp³-hybridized carbons (Fsp3) is 0.727. The topological polar surface area (TPSA) is 62.6 Å². The molecule has 0 aliphatic heterocycles. The van der Waals surface area contributed by atoms with E-state index in [1.54, 1.807) is 6.07 Å². The summed E-state index contributed by atoms with van der Waals surface area (Å²) >= 11 is 0. The predicted octanol–water partition coefficient (Wildman–Crippen LogP) is 4.76. The second-order valence-electron chi connectivity index (χ2n) is 7.83. The highest BCUT2D eigenvalue weighted by Gasteiger charge is 2.22. The van der Waals surface area contributed by atoms with E-state index < -0.39 is 0 Å². The standard InChI is InChI=1S/C22H36N2O3/c1-4-5-6-10-14-24(22(26)20-16-17(2)27-18(20)3)15-13-21(25)23-19-11-8-7-9-12-19/h16,19H,4-15H2,1-3H3,(H,23,25). The first-order chi connectivity index (χ1) is 13.0. The molecule has 0 spiro atoms. The summed E-state index contributed by atoms with van der Waals surface area (Å²) in [5.74, 6) is 1.44. The van der Waals surface area contributed by atoms with E-state index in [0.29, 0.717) is 36.9 Å². The fourth-order valence-corrected chi connectivity index (χ4v) is 3.84. The van der Waals surface area contributed by atoms with Crippen molar-refractivity contribution in [3.05, 3.63) is 23.2 Å². The van der Waals surface area contributed by atoms with Crippen LogP contribution in [-0.4, -0.2) is 35.8 Å². The van der Waals surface area contributed by atoms with Crippen LogP contribution in [0.25, 0.3) is 0 Å². The highest BCUT2D eigenvalue weighted by Crippen LogP contribution is 2.18. The third-order valence-electron chi connectivity index (χ3n) is 5.42. The number of hydrogen-bond acceptors (Lipinski definition) is 3. The number of nitrogens with zero attached hydrogens (tertiary/aromatic N) is 1. The first kappa shape index (κ1) is 21.5. The molecule has 1 aromatic heterocycles. The van der Waals surface area contributed by atoms with E-state index in [4.69, 9.17) is 4.42 Å². The molecule has 5 heteroatoms. The number of rotatable bonds is 10. The Kier molecular flexibility index (Phi) is 8.89. The molecule has 1 aromatic rings. The smallest absolute Gasteiger partial charge is 0.257 e. The highest BCUT2D eigenvalue weighted by atomic mass is 16.3. The number of furan rings is 1. The molecule has 0 bridgehead atoms. The van der Waals surface area contributed by atoms with Crippen molar-refractivity contribution in [2.75, 3.05) is 13.1 Å². The van der Waals surface area contributed by atoms with Crippen molar-refractivity contribution in [2.24, 2.45) is 0 Å². The summed E-state index contributed by atoms with van der Waals surface area (Å²) < 4.78 is 5.53. The molecule has 0 aromatic carbocycles. The predicted molar refractivity (Wildman–Crippen MR) is 108 cm³/mol. The molecule has 1 aliphatic rings. The van der Waals surface area contributed by atoms with Gasteiger partial charge in [0.1, 0.15) is 11.5 Å². The van der Waals surface area contributed by atoms with E-state index in [1.807, 2.05) is 18.7 Å². The number of hydrogen-bond donors (Lipinski definition) is 1. The van der Waals surface area contributed by atoms with Crippen LogP contribution in [0.4, 0.5) is 0 Å². The Balaban J connectivity index is 1.91. The second-order valence-corrected chi connectivity index (χ2v) is 7.83. The van der Waals surface area contributed by atoms with Gasteiger partial charge in [0.15, 0.2) is 0 Å². The minimum absolute atomic E-state index is 0.0219. The molecule has 152 valence electrons. The van der Waals surface area contributed by atoms with Crippen LogP contribution in [0.2, 0.25) is 0 Å². The summed E-state index contributed by atoms with van der Waals surface area (Å²) in [6.45, 7) is 7.01. The van der Waals surface area contributed by atoms with Gasteiger partial charge >= 0.3 is 0 Å². The molecular formula is C22H36N2O3. The maximum Gasteiger partial charge on any atom is 0.257 e. The van der Waals surface area contributed by atoms with Crippen LogP contribution in [-0.2, 0) is 4.79 Å². The summed E-state index contributed by atoms with van der Waals surface area (Å²) in [5, 5.41) is 3.15. The van der Waals surface area contributed by atoms with Gasteiger partial charge in [0.25, 0.3) is 5.91 Å². The lowest BCUT2D eigenvalue weighted by Gasteiger charge is -2.25. The summed E-state index contributed by atoms with van der Waals surface area (Å²) in [6.07, 6.45) is 10.6. The van der Waals surface area contributed by atoms with E-state index in [0.717, 1.165) is 37.9 Å². The van der Waals surface area contributed by atoms with E-state index in [-0.39, 0.29) is 11.8 Å². The third kappa shape index (κ3) is 7.04. The molecular weight excluding hydrogens is 340 g/mol. The van der Waals surface area contributed by atoms with E-state index in [2.05, 4.69) is 12.2 Å². The number of carbonyl (C=O) groups excluding carboxylic acids is 2. The molecule has 0 radical (unpaired) electrons. The van der Waals surface area contributed by atoms with Gasteiger partial charge in [0.05, 0.1) is 5.56 Å². The maximum atomic E-state index is 13.0. The molecule has 0 unspecified atom stereocenters. The maximum absolute atomic E-state index is 13.0. The Morgan fingerprint density at radius 3 is 2.48 bits per heavy atom. The van der Waals surface area contributed by atoms with Crippen molar-refractivity contribution in [2.45, 2.75) is 91.0 Å². The Morgan fingerprint density at radius 1 is 1.11 bits per heavy atom. The number of unbranched alkanes of at least 4 members (excludes halogenated alkanes) is 3. The molecule has 2 amide bonds. The van der Waals surface area contributed by atoms with Crippen molar-refractivity contribution < 1.29 is 14.0 Å². The first-order valence-electron chi connectivity index (χ1n) is 10.7. The van der Waals surface area contributed by atoms with Gasteiger partial charge in [-0.25, -0.2) is 0 Å². The number of aryl methyl sites for hydroxylation is 2. The Hall–Kier alpha value is -1.78. The third-order valence-corrected chi connectivity index (χ3v) is 5.42. The highest BCUT2D eigenvalue weighted by molar-refractivity contribution is 5.95. The van der Waals surface area contributed by atoms with Gasteiger partial charge in [0.2, 0.25) is 5.91 Å². The molecule has 2 rings (SSSR count). The number of carbonyl (C=O) groups is 2. The average molecular weight is 377 g/mol. The monoisotopic (exact) mass is 376 g/mol. The van der Waals surface area contributed by atoms with Crippen molar-refractivity contribution in [3.8, 4) is 0 Å². The zero-order chi connectivity index (χ0) is 19.6. The Bertz CT molecular complexity index is 603. The van der Waals surface area contributed by atoms with Crippen LogP contribution in [0, 0.1) is 13.8 Å². The first-order valence-corrected chi connectivity index (χ1v) is 10.7. The van der Waals surface area contributed by atoms with Crippen molar-refractivity contribution in [1.82, 2.24) is 10.2 Å². The number of nitrogens with one attached hydrogen (secondary N) is 1. The lowest BCUT2D eigenvalue weighted by Crippen LogP contribution is -2.40. The van der Waals surface area contributed by atoms with Gasteiger partial charge in [-0.1, -0.05) is 45.4 Å². The van der Waals surface area contributed by atoms with Crippen LogP contribution < -0.4 is 5.32 Å². The summed E-state index contributed by atoms with van der Waals surface area (Å²) in [4.78, 5) is 27.2. The Labute approximate surface area is 163 Å². The zero-order valence-corrected chi connectivity index (χ0v) is 17.3. The number of amides is 2. The van der Waals surface area contributed by atoms with Gasteiger partial charge in [-0.05, 0) is 39.2 Å². The van der Waals surface area contributed by atoms with Gasteiger partial charge in [-0.2, -0.15) is 0 Å². The molecule has 1 N–H and O–H groups in total. The molecule has 0 atom stereocenters. The van der Waals surface area contributed by atoms with E-state index in [1.165, 1.54) is 25.7 Å². The summed E-state index contributed by atoms with van der Waals surface area (Å²) in [5.41, 5.74) is 0.621. The van der Waals surface area contributed by atoms with Crippen LogP contribution in [0.15, 0.2) is 10.5 Å². The molecule has 27 heavy (non-hydrogen) atoms. The minimum atomic E-state index is -0.0219. The normalized spacial score (nSPS) is 14.9. The minimum Gasteiger partial charge on any atom is -0.466 e. The van der Waals surface area contributed by atoms with Crippen molar-refractivity contribution in [1.29, 1.82) is 0 Å². The second kappa shape index (κ2) is 11.2. The molecule has 1 saturated carbocycles. The van der Waals surface area contributed by atoms with Crippen LogP contribution in [0.3, 0.4) is 0 Å². The lowest BCUT2D eigenvalue weighted by atomic mass is 9.95. The molecule has 1 fully saturated rings. The zero-order valence-electron chi connectivity index (χ0n) is 17.3. The SMILES string of the molecule is CCCCCCN(CCC(=O)NC1CCCCC1)C(=O)c1cc(C)oc1C. The largest absolute Gasteiger partial charge is 0.466 e. The van der Waals surface area contributed by atoms with Gasteiger partial charge in [0, 0.05) is 25.6 Å². The van der Waals surface area contributed by atoms with Gasteiger partial charge in [-0.15, -0.1) is 0 Å². The average Bonchev–Trinajstić information content (AvgIpc) is 2.99. The van der Waals surface area contributed by atoms with Crippen LogP contribution in [0.1, 0.15) is 93.0 Å².